The summed E-state index contributed by atoms with van der Waals surface area (Å²) in [7, 11) is 1.60. The Balaban J connectivity index is 1.77. The van der Waals surface area contributed by atoms with E-state index < -0.39 is 6.10 Å². The second-order valence-corrected chi connectivity index (χ2v) is 4.75. The van der Waals surface area contributed by atoms with E-state index in [2.05, 4.69) is 10.6 Å². The highest BCUT2D eigenvalue weighted by Gasteiger charge is 2.20. The number of ether oxygens (including phenoxy) is 1. The lowest BCUT2D eigenvalue weighted by molar-refractivity contribution is -0.119. The Morgan fingerprint density at radius 1 is 1.58 bits per heavy atom. The Bertz CT molecular complexity index is 436. The highest BCUT2D eigenvalue weighted by molar-refractivity contribution is 5.78. The van der Waals surface area contributed by atoms with Crippen LogP contribution in [0.25, 0.3) is 0 Å². The maximum absolute atomic E-state index is 11.0. The minimum absolute atomic E-state index is 0.111. The zero-order chi connectivity index (χ0) is 13.7. The number of rotatable bonds is 6. The molecule has 0 aromatic heterocycles. The van der Waals surface area contributed by atoms with Gasteiger partial charge in [-0.25, -0.2) is 0 Å². The summed E-state index contributed by atoms with van der Waals surface area (Å²) < 4.78 is 5.12. The molecular weight excluding hydrogens is 244 g/mol. The fourth-order valence-electron chi connectivity index (χ4n) is 2.19. The van der Waals surface area contributed by atoms with Crippen LogP contribution < -0.4 is 15.4 Å². The molecule has 1 heterocycles. The molecule has 2 unspecified atom stereocenters. The van der Waals surface area contributed by atoms with E-state index in [-0.39, 0.29) is 11.9 Å². The van der Waals surface area contributed by atoms with E-state index in [0.29, 0.717) is 19.5 Å². The second-order valence-electron chi connectivity index (χ2n) is 4.75. The van der Waals surface area contributed by atoms with E-state index in [4.69, 9.17) is 4.74 Å². The first kappa shape index (κ1) is 13.8. The lowest BCUT2D eigenvalue weighted by Gasteiger charge is -2.15. The number of benzene rings is 1. The number of carbonyl (C=O) groups is 1. The van der Waals surface area contributed by atoms with Crippen LogP contribution in [-0.2, 0) is 4.79 Å². The lowest BCUT2D eigenvalue weighted by Crippen LogP contribution is -2.37. The van der Waals surface area contributed by atoms with Gasteiger partial charge in [-0.3, -0.25) is 4.79 Å². The molecule has 5 heteroatoms. The zero-order valence-corrected chi connectivity index (χ0v) is 11.1. The van der Waals surface area contributed by atoms with E-state index in [1.54, 1.807) is 7.11 Å². The Morgan fingerprint density at radius 3 is 3.11 bits per heavy atom. The Hall–Kier alpha value is -1.59. The Labute approximate surface area is 113 Å². The molecule has 1 aliphatic rings. The first-order valence-corrected chi connectivity index (χ1v) is 6.51. The molecule has 3 N–H and O–H groups in total. The van der Waals surface area contributed by atoms with Gasteiger partial charge in [-0.2, -0.15) is 0 Å². The normalized spacial score (nSPS) is 20.1. The van der Waals surface area contributed by atoms with Crippen LogP contribution in [0.5, 0.6) is 5.75 Å². The van der Waals surface area contributed by atoms with Gasteiger partial charge in [0.1, 0.15) is 5.75 Å². The van der Waals surface area contributed by atoms with Crippen molar-refractivity contribution in [2.24, 2.45) is 0 Å². The minimum Gasteiger partial charge on any atom is -0.497 e. The third-order valence-corrected chi connectivity index (χ3v) is 3.29. The summed E-state index contributed by atoms with van der Waals surface area (Å²) in [4.78, 5) is 11.0. The van der Waals surface area contributed by atoms with Gasteiger partial charge in [0.15, 0.2) is 0 Å². The van der Waals surface area contributed by atoms with Crippen LogP contribution in [-0.4, -0.2) is 37.3 Å². The highest BCUT2D eigenvalue weighted by Crippen LogP contribution is 2.18. The van der Waals surface area contributed by atoms with Gasteiger partial charge in [0.05, 0.1) is 13.2 Å². The maximum atomic E-state index is 11.0. The average Bonchev–Trinajstić information content (AvgIpc) is 2.84. The molecule has 19 heavy (non-hydrogen) atoms. The van der Waals surface area contributed by atoms with E-state index >= 15 is 0 Å². The van der Waals surface area contributed by atoms with Crippen LogP contribution in [0.4, 0.5) is 0 Å². The number of hydrogen-bond donors (Lipinski definition) is 3. The lowest BCUT2D eigenvalue weighted by atomic mass is 10.1. The van der Waals surface area contributed by atoms with Crippen molar-refractivity contribution in [3.05, 3.63) is 29.8 Å². The Kier molecular flexibility index (Phi) is 4.76. The number of nitrogens with one attached hydrogen (secondary N) is 2. The summed E-state index contributed by atoms with van der Waals surface area (Å²) in [5.41, 5.74) is 0.822. The molecule has 1 aromatic carbocycles. The van der Waals surface area contributed by atoms with E-state index in [1.807, 2.05) is 24.3 Å². The standard InChI is InChI=1S/C14H20N2O3/c1-19-12-4-2-3-10(7-12)13(17)9-15-8-11-5-6-14(18)16-11/h2-4,7,11,13,15,17H,5-6,8-9H2,1H3,(H,16,18). The summed E-state index contributed by atoms with van der Waals surface area (Å²) in [6, 6.07) is 7.58. The summed E-state index contributed by atoms with van der Waals surface area (Å²) in [5, 5.41) is 16.1. The molecule has 1 aromatic rings. The van der Waals surface area contributed by atoms with Gasteiger partial charge in [0.2, 0.25) is 5.91 Å². The topological polar surface area (TPSA) is 70.6 Å². The molecule has 1 fully saturated rings. The van der Waals surface area contributed by atoms with Gasteiger partial charge in [-0.15, -0.1) is 0 Å². The minimum atomic E-state index is -0.577. The first-order valence-electron chi connectivity index (χ1n) is 6.51. The number of methoxy groups -OCH3 is 1. The summed E-state index contributed by atoms with van der Waals surface area (Å²) in [6.45, 7) is 1.15. The van der Waals surface area contributed by atoms with E-state index in [9.17, 15) is 9.90 Å². The highest BCUT2D eigenvalue weighted by atomic mass is 16.5. The fourth-order valence-corrected chi connectivity index (χ4v) is 2.19. The van der Waals surface area contributed by atoms with Crippen molar-refractivity contribution < 1.29 is 14.6 Å². The zero-order valence-electron chi connectivity index (χ0n) is 11.1. The number of amides is 1. The van der Waals surface area contributed by atoms with Crippen LogP contribution in [0.15, 0.2) is 24.3 Å². The van der Waals surface area contributed by atoms with Crippen LogP contribution in [0, 0.1) is 0 Å². The number of aliphatic hydroxyl groups is 1. The molecule has 5 nitrogen and oxygen atoms in total. The quantitative estimate of drug-likeness (QED) is 0.703. The molecule has 0 saturated carbocycles. The third kappa shape index (κ3) is 3.94. The number of aliphatic hydroxyl groups excluding tert-OH is 1. The predicted molar refractivity (Wildman–Crippen MR) is 72.0 cm³/mol. The molecule has 2 atom stereocenters. The molecule has 1 aliphatic heterocycles. The summed E-state index contributed by atoms with van der Waals surface area (Å²) >= 11 is 0. The monoisotopic (exact) mass is 264 g/mol. The SMILES string of the molecule is COc1cccc(C(O)CNCC2CCC(=O)N2)c1. The predicted octanol–water partition coefficient (Wildman–Crippen LogP) is 0.597. The van der Waals surface area contributed by atoms with Crippen molar-refractivity contribution in [3.8, 4) is 5.75 Å². The van der Waals surface area contributed by atoms with Gasteiger partial charge in [0, 0.05) is 25.6 Å². The van der Waals surface area contributed by atoms with E-state index in [1.165, 1.54) is 0 Å². The maximum Gasteiger partial charge on any atom is 0.220 e. The molecule has 104 valence electrons. The number of carbonyl (C=O) groups excluding carboxylic acids is 1. The summed E-state index contributed by atoms with van der Waals surface area (Å²) in [5.74, 6) is 0.847. The summed E-state index contributed by atoms with van der Waals surface area (Å²) in [6.07, 6.45) is 0.887. The molecule has 0 bridgehead atoms. The molecular formula is C14H20N2O3. The smallest absolute Gasteiger partial charge is 0.220 e. The molecule has 0 aliphatic carbocycles. The molecule has 0 radical (unpaired) electrons. The van der Waals surface area contributed by atoms with Crippen LogP contribution >= 0.6 is 0 Å². The average molecular weight is 264 g/mol. The van der Waals surface area contributed by atoms with Crippen molar-refractivity contribution >= 4 is 5.91 Å². The van der Waals surface area contributed by atoms with Gasteiger partial charge in [-0.05, 0) is 24.1 Å². The van der Waals surface area contributed by atoms with Crippen LogP contribution in [0.2, 0.25) is 0 Å². The second kappa shape index (κ2) is 6.54. The first-order chi connectivity index (χ1) is 9.19. The molecule has 2 rings (SSSR count). The van der Waals surface area contributed by atoms with E-state index in [0.717, 1.165) is 17.7 Å². The van der Waals surface area contributed by atoms with Crippen LogP contribution in [0.1, 0.15) is 24.5 Å². The van der Waals surface area contributed by atoms with Crippen molar-refractivity contribution in [2.45, 2.75) is 25.0 Å². The Morgan fingerprint density at radius 2 is 2.42 bits per heavy atom. The third-order valence-electron chi connectivity index (χ3n) is 3.29. The largest absolute Gasteiger partial charge is 0.497 e. The van der Waals surface area contributed by atoms with Gasteiger partial charge >= 0.3 is 0 Å². The van der Waals surface area contributed by atoms with Gasteiger partial charge < -0.3 is 20.5 Å². The molecule has 1 saturated heterocycles. The van der Waals surface area contributed by atoms with Gasteiger partial charge in [-0.1, -0.05) is 12.1 Å². The van der Waals surface area contributed by atoms with Gasteiger partial charge in [0.25, 0.3) is 0 Å². The van der Waals surface area contributed by atoms with Crippen molar-refractivity contribution in [1.29, 1.82) is 0 Å². The molecule has 1 amide bonds. The number of hydrogen-bond acceptors (Lipinski definition) is 4. The van der Waals surface area contributed by atoms with Crippen LogP contribution in [0.3, 0.4) is 0 Å². The molecule has 0 spiro atoms. The van der Waals surface area contributed by atoms with Crippen molar-refractivity contribution in [2.75, 3.05) is 20.2 Å². The van der Waals surface area contributed by atoms with Crippen molar-refractivity contribution in [3.63, 3.8) is 0 Å². The fraction of sp³-hybridized carbons (Fsp3) is 0.500. The van der Waals surface area contributed by atoms with Crippen molar-refractivity contribution in [1.82, 2.24) is 10.6 Å².